The van der Waals surface area contributed by atoms with Crippen molar-refractivity contribution in [3.63, 3.8) is 0 Å². The van der Waals surface area contributed by atoms with Gasteiger partial charge in [-0.15, -0.1) is 0 Å². The van der Waals surface area contributed by atoms with E-state index in [9.17, 15) is 14.4 Å². The van der Waals surface area contributed by atoms with Gasteiger partial charge in [0.1, 0.15) is 17.7 Å². The summed E-state index contributed by atoms with van der Waals surface area (Å²) in [6, 6.07) is 25.5. The van der Waals surface area contributed by atoms with Crippen molar-refractivity contribution in [1.29, 1.82) is 0 Å². The largest absolute Gasteiger partial charge is 0.467 e. The maximum atomic E-state index is 13.6. The van der Waals surface area contributed by atoms with Crippen molar-refractivity contribution in [2.75, 3.05) is 7.11 Å². The molecule has 202 valence electrons. The van der Waals surface area contributed by atoms with E-state index in [1.54, 1.807) is 20.8 Å². The van der Waals surface area contributed by atoms with Crippen LogP contribution in [0.2, 0.25) is 0 Å². The van der Waals surface area contributed by atoms with Gasteiger partial charge in [-0.3, -0.25) is 4.79 Å². The third kappa shape index (κ3) is 7.13. The van der Waals surface area contributed by atoms with Crippen molar-refractivity contribution in [3.05, 3.63) is 96.1 Å². The summed E-state index contributed by atoms with van der Waals surface area (Å²) < 4.78 is 10.5. The molecule has 0 spiro atoms. The van der Waals surface area contributed by atoms with Gasteiger partial charge in [-0.2, -0.15) is 0 Å². The lowest BCUT2D eigenvalue weighted by atomic mass is 9.93. The number of hydrogen-bond donors (Lipinski definition) is 2. The molecule has 0 aromatic heterocycles. The Bertz CT molecular complexity index is 1480. The summed E-state index contributed by atoms with van der Waals surface area (Å²) in [4.78, 5) is 39.0. The topological polar surface area (TPSA) is 93.7 Å². The van der Waals surface area contributed by atoms with Crippen LogP contribution >= 0.6 is 0 Å². The number of methoxy groups -OCH3 is 1. The van der Waals surface area contributed by atoms with E-state index in [1.165, 1.54) is 7.11 Å². The highest BCUT2D eigenvalue weighted by Gasteiger charge is 2.29. The molecule has 7 nitrogen and oxygen atoms in total. The number of esters is 1. The van der Waals surface area contributed by atoms with Gasteiger partial charge in [-0.05, 0) is 53.4 Å². The second-order valence-corrected chi connectivity index (χ2v) is 10.5. The lowest BCUT2D eigenvalue weighted by molar-refractivity contribution is -0.145. The third-order valence-electron chi connectivity index (χ3n) is 6.37. The molecule has 0 saturated carbocycles. The Morgan fingerprint density at radius 2 is 1.36 bits per heavy atom. The Morgan fingerprint density at radius 3 is 2.03 bits per heavy atom. The van der Waals surface area contributed by atoms with Gasteiger partial charge < -0.3 is 20.1 Å². The number of rotatable bonds is 8. The van der Waals surface area contributed by atoms with Crippen molar-refractivity contribution in [2.45, 2.75) is 51.3 Å². The van der Waals surface area contributed by atoms with Crippen LogP contribution in [0.1, 0.15) is 31.9 Å². The highest BCUT2D eigenvalue weighted by molar-refractivity contribution is 6.09. The fourth-order valence-electron chi connectivity index (χ4n) is 4.64. The number of amides is 2. The maximum Gasteiger partial charge on any atom is 0.408 e. The zero-order valence-corrected chi connectivity index (χ0v) is 22.7. The highest BCUT2D eigenvalue weighted by atomic mass is 16.6. The summed E-state index contributed by atoms with van der Waals surface area (Å²) in [7, 11) is 1.29. The second kappa shape index (κ2) is 12.0. The second-order valence-electron chi connectivity index (χ2n) is 10.5. The lowest BCUT2D eigenvalue weighted by Gasteiger charge is -2.25. The van der Waals surface area contributed by atoms with E-state index >= 15 is 0 Å². The fraction of sp³-hybridized carbons (Fsp3) is 0.281. The van der Waals surface area contributed by atoms with Crippen LogP contribution in [0.15, 0.2) is 84.9 Å². The summed E-state index contributed by atoms with van der Waals surface area (Å²) >= 11 is 0. The van der Waals surface area contributed by atoms with Gasteiger partial charge in [-0.1, -0.05) is 84.9 Å². The molecule has 0 aliphatic rings. The number of hydrogen-bond acceptors (Lipinski definition) is 5. The van der Waals surface area contributed by atoms with Crippen LogP contribution in [0.4, 0.5) is 4.79 Å². The van der Waals surface area contributed by atoms with Gasteiger partial charge in [0.25, 0.3) is 0 Å². The Morgan fingerprint density at radius 1 is 0.744 bits per heavy atom. The van der Waals surface area contributed by atoms with Crippen LogP contribution in [-0.4, -0.2) is 42.8 Å². The molecule has 0 aliphatic carbocycles. The van der Waals surface area contributed by atoms with E-state index in [1.807, 2.05) is 78.9 Å². The number of alkyl carbamates (subject to hydrolysis) is 1. The van der Waals surface area contributed by atoms with Crippen molar-refractivity contribution in [3.8, 4) is 0 Å². The number of carbonyl (C=O) groups is 3. The molecule has 0 aliphatic heterocycles. The third-order valence-corrected chi connectivity index (χ3v) is 6.37. The molecule has 0 bridgehead atoms. The summed E-state index contributed by atoms with van der Waals surface area (Å²) in [5.74, 6) is -1.08. The number of fused-ring (bicyclic) bond motifs is 3. The monoisotopic (exact) mass is 526 g/mol. The van der Waals surface area contributed by atoms with Crippen LogP contribution in [0, 0.1) is 0 Å². The minimum absolute atomic E-state index is 0.217. The highest BCUT2D eigenvalue weighted by Crippen LogP contribution is 2.29. The van der Waals surface area contributed by atoms with E-state index in [2.05, 4.69) is 16.7 Å². The van der Waals surface area contributed by atoms with Crippen molar-refractivity contribution in [1.82, 2.24) is 10.6 Å². The molecule has 39 heavy (non-hydrogen) atoms. The number of benzene rings is 4. The minimum atomic E-state index is -0.970. The first kappa shape index (κ1) is 27.6. The van der Waals surface area contributed by atoms with Crippen LogP contribution in [0.5, 0.6) is 0 Å². The Balaban J connectivity index is 1.63. The van der Waals surface area contributed by atoms with E-state index in [0.717, 1.165) is 32.7 Å². The van der Waals surface area contributed by atoms with Crippen molar-refractivity contribution >= 4 is 39.5 Å². The predicted molar refractivity (Wildman–Crippen MR) is 152 cm³/mol. The molecular weight excluding hydrogens is 492 g/mol. The average Bonchev–Trinajstić information content (AvgIpc) is 2.91. The van der Waals surface area contributed by atoms with Crippen molar-refractivity contribution < 1.29 is 23.9 Å². The molecule has 4 aromatic rings. The van der Waals surface area contributed by atoms with Gasteiger partial charge in [-0.25, -0.2) is 9.59 Å². The van der Waals surface area contributed by atoms with E-state index in [4.69, 9.17) is 9.47 Å². The standard InChI is InChI=1S/C32H34N2O5/c1-32(2,3)39-31(37)34-27(18-21-12-6-5-7-13-21)29(35)33-28(30(36)38-4)20-23-19-22-14-8-9-15-24(22)26-17-11-10-16-25(23)26/h5-17,19,27-28H,18,20H2,1-4H3,(H,33,35)(H,34,37). The minimum Gasteiger partial charge on any atom is -0.467 e. The van der Waals surface area contributed by atoms with E-state index < -0.39 is 35.7 Å². The van der Waals surface area contributed by atoms with Crippen LogP contribution < -0.4 is 10.6 Å². The van der Waals surface area contributed by atoms with Gasteiger partial charge >= 0.3 is 12.1 Å². The number of ether oxygens (including phenoxy) is 2. The molecule has 2 atom stereocenters. The predicted octanol–water partition coefficient (Wildman–Crippen LogP) is 5.33. The molecule has 0 saturated heterocycles. The molecule has 0 fully saturated rings. The Labute approximate surface area is 228 Å². The average molecular weight is 527 g/mol. The first-order valence-electron chi connectivity index (χ1n) is 13.0. The molecule has 4 aromatic carbocycles. The Kier molecular flexibility index (Phi) is 8.49. The van der Waals surface area contributed by atoms with Gasteiger partial charge in [0, 0.05) is 12.8 Å². The van der Waals surface area contributed by atoms with Crippen molar-refractivity contribution in [2.24, 2.45) is 0 Å². The maximum absolute atomic E-state index is 13.6. The molecular formula is C32H34N2O5. The zero-order valence-electron chi connectivity index (χ0n) is 22.7. The van der Waals surface area contributed by atoms with Crippen LogP contribution in [-0.2, 0) is 31.9 Å². The summed E-state index contributed by atoms with van der Waals surface area (Å²) in [6.45, 7) is 5.25. The first-order chi connectivity index (χ1) is 18.6. The molecule has 2 N–H and O–H groups in total. The summed E-state index contributed by atoms with van der Waals surface area (Å²) in [6.07, 6.45) is -0.277. The molecule has 7 heteroatoms. The Hall–Kier alpha value is -4.39. The molecule has 0 radical (unpaired) electrons. The molecule has 4 rings (SSSR count). The summed E-state index contributed by atoms with van der Waals surface area (Å²) in [5.41, 5.74) is 1.02. The van der Waals surface area contributed by atoms with E-state index in [-0.39, 0.29) is 12.8 Å². The number of nitrogens with one attached hydrogen (secondary N) is 2. The first-order valence-corrected chi connectivity index (χ1v) is 13.0. The van der Waals surface area contributed by atoms with Gasteiger partial charge in [0.15, 0.2) is 0 Å². The van der Waals surface area contributed by atoms with E-state index in [0.29, 0.717) is 0 Å². The smallest absolute Gasteiger partial charge is 0.408 e. The lowest BCUT2D eigenvalue weighted by Crippen LogP contribution is -2.53. The SMILES string of the molecule is COC(=O)C(Cc1cc2ccccc2c2ccccc12)NC(=O)C(Cc1ccccc1)NC(=O)OC(C)(C)C. The number of carbonyl (C=O) groups excluding carboxylic acids is 3. The molecule has 2 amide bonds. The normalized spacial score (nSPS) is 12.9. The fourth-order valence-corrected chi connectivity index (χ4v) is 4.64. The van der Waals surface area contributed by atoms with Crippen LogP contribution in [0.3, 0.4) is 0 Å². The quantitative estimate of drug-likeness (QED) is 0.239. The van der Waals surface area contributed by atoms with Gasteiger partial charge in [0.05, 0.1) is 7.11 Å². The zero-order chi connectivity index (χ0) is 28.0. The summed E-state index contributed by atoms with van der Waals surface area (Å²) in [5, 5.41) is 9.71. The molecule has 0 heterocycles. The van der Waals surface area contributed by atoms with Gasteiger partial charge in [0.2, 0.25) is 5.91 Å². The molecule has 2 unspecified atom stereocenters. The van der Waals surface area contributed by atoms with Crippen LogP contribution in [0.25, 0.3) is 21.5 Å².